The lowest BCUT2D eigenvalue weighted by Gasteiger charge is -2.10. The number of hydrogen-bond acceptors (Lipinski definition) is 5. The van der Waals surface area contributed by atoms with Crippen molar-refractivity contribution in [2.24, 2.45) is 0 Å². The van der Waals surface area contributed by atoms with E-state index >= 15 is 0 Å². The van der Waals surface area contributed by atoms with Crippen LogP contribution in [0.4, 0.5) is 0 Å². The van der Waals surface area contributed by atoms with E-state index in [-0.39, 0.29) is 0 Å². The maximum atomic E-state index is 5.36. The summed E-state index contributed by atoms with van der Waals surface area (Å²) in [4.78, 5) is 12.0. The van der Waals surface area contributed by atoms with E-state index in [1.165, 1.54) is 0 Å². The zero-order valence-electron chi connectivity index (χ0n) is 19.3. The molecule has 0 radical (unpaired) electrons. The highest BCUT2D eigenvalue weighted by molar-refractivity contribution is 7.99. The van der Waals surface area contributed by atoms with Crippen LogP contribution < -0.4 is 9.47 Å². The minimum atomic E-state index is 0.788. The highest BCUT2D eigenvalue weighted by Crippen LogP contribution is 2.40. The van der Waals surface area contributed by atoms with Crippen LogP contribution in [0.2, 0.25) is 0 Å². The molecule has 0 saturated heterocycles. The van der Waals surface area contributed by atoms with Gasteiger partial charge in [0, 0.05) is 57.8 Å². The third-order valence-corrected chi connectivity index (χ3v) is 7.03. The fraction of sp³-hybridized carbons (Fsp3) is 0.0714. The molecule has 4 aromatic heterocycles. The number of ether oxygens (including phenoxy) is 2. The van der Waals surface area contributed by atoms with Gasteiger partial charge >= 0.3 is 0 Å². The fourth-order valence-corrected chi connectivity index (χ4v) is 5.19. The Morgan fingerprint density at radius 3 is 1.54 bits per heavy atom. The summed E-state index contributed by atoms with van der Waals surface area (Å²) in [5.74, 6) is 1.58. The first-order valence-corrected chi connectivity index (χ1v) is 12.0. The molecule has 6 nitrogen and oxygen atoms in total. The van der Waals surface area contributed by atoms with Gasteiger partial charge in [-0.25, -0.2) is 9.97 Å². The van der Waals surface area contributed by atoms with E-state index < -0.39 is 0 Å². The quantitative estimate of drug-likeness (QED) is 0.274. The largest absolute Gasteiger partial charge is 0.497 e. The lowest BCUT2D eigenvalue weighted by molar-refractivity contribution is 0.414. The maximum absolute atomic E-state index is 5.36. The molecule has 6 aromatic rings. The molecule has 0 fully saturated rings. The van der Waals surface area contributed by atoms with Crippen molar-refractivity contribution in [2.45, 2.75) is 9.79 Å². The van der Waals surface area contributed by atoms with Crippen LogP contribution >= 0.6 is 11.8 Å². The molecular weight excluding hydrogens is 456 g/mol. The molecule has 7 heteroatoms. The first-order valence-electron chi connectivity index (χ1n) is 11.1. The van der Waals surface area contributed by atoms with Crippen molar-refractivity contribution >= 4 is 23.1 Å². The summed E-state index contributed by atoms with van der Waals surface area (Å²) in [5, 5.41) is 0. The molecule has 0 unspecified atom stereocenters. The van der Waals surface area contributed by atoms with Crippen LogP contribution in [0.15, 0.2) is 107 Å². The molecule has 4 heterocycles. The van der Waals surface area contributed by atoms with Crippen molar-refractivity contribution in [3.8, 4) is 34.0 Å². The first-order chi connectivity index (χ1) is 17.2. The van der Waals surface area contributed by atoms with Crippen LogP contribution in [0.25, 0.3) is 33.8 Å². The Morgan fingerprint density at radius 2 is 1.09 bits per heavy atom. The van der Waals surface area contributed by atoms with E-state index in [0.717, 1.165) is 55.1 Å². The Balaban J connectivity index is 1.39. The summed E-state index contributed by atoms with van der Waals surface area (Å²) in [6.07, 6.45) is 8.04. The number of hydrogen-bond donors (Lipinski definition) is 0. The summed E-state index contributed by atoms with van der Waals surface area (Å²) in [6, 6.07) is 24.4. The van der Waals surface area contributed by atoms with Gasteiger partial charge in [0.05, 0.1) is 25.6 Å². The van der Waals surface area contributed by atoms with Crippen molar-refractivity contribution in [1.82, 2.24) is 18.8 Å². The number of pyridine rings is 2. The second-order valence-electron chi connectivity index (χ2n) is 8.01. The van der Waals surface area contributed by atoms with Gasteiger partial charge in [-0.15, -0.1) is 0 Å². The summed E-state index contributed by atoms with van der Waals surface area (Å²) in [6.45, 7) is 0. The van der Waals surface area contributed by atoms with Gasteiger partial charge in [-0.2, -0.15) is 0 Å². The second kappa shape index (κ2) is 8.85. The molecule has 0 amide bonds. The van der Waals surface area contributed by atoms with Crippen molar-refractivity contribution in [1.29, 1.82) is 0 Å². The van der Waals surface area contributed by atoms with Gasteiger partial charge in [-0.3, -0.25) is 0 Å². The summed E-state index contributed by atoms with van der Waals surface area (Å²) in [7, 11) is 3.33. The summed E-state index contributed by atoms with van der Waals surface area (Å²) >= 11 is 1.72. The highest BCUT2D eigenvalue weighted by Gasteiger charge is 2.15. The van der Waals surface area contributed by atoms with E-state index in [1.807, 2.05) is 57.6 Å². The van der Waals surface area contributed by atoms with Crippen LogP contribution in [-0.2, 0) is 0 Å². The predicted molar refractivity (Wildman–Crippen MR) is 138 cm³/mol. The number of nitrogens with zero attached hydrogens (tertiary/aromatic N) is 4. The normalized spacial score (nSPS) is 11.3. The van der Waals surface area contributed by atoms with Crippen molar-refractivity contribution in [2.75, 3.05) is 14.2 Å². The summed E-state index contributed by atoms with van der Waals surface area (Å²) < 4.78 is 14.7. The van der Waals surface area contributed by atoms with E-state index in [4.69, 9.17) is 19.4 Å². The third-order valence-electron chi connectivity index (χ3n) is 5.88. The fourth-order valence-electron chi connectivity index (χ4n) is 4.09. The Bertz CT molecular complexity index is 1550. The third kappa shape index (κ3) is 4.00. The lowest BCUT2D eigenvalue weighted by Crippen LogP contribution is -1.86. The minimum absolute atomic E-state index is 0.788. The average molecular weight is 479 g/mol. The van der Waals surface area contributed by atoms with Gasteiger partial charge in [-0.05, 0) is 24.3 Å². The number of imidazole rings is 2. The number of aromatic nitrogens is 4. The number of rotatable bonds is 6. The van der Waals surface area contributed by atoms with Gasteiger partial charge in [0.15, 0.2) is 0 Å². The Morgan fingerprint density at radius 1 is 0.629 bits per heavy atom. The van der Waals surface area contributed by atoms with Gasteiger partial charge in [0.1, 0.15) is 22.8 Å². The first kappa shape index (κ1) is 21.3. The molecule has 35 heavy (non-hydrogen) atoms. The molecule has 0 aliphatic rings. The predicted octanol–water partition coefficient (Wildman–Crippen LogP) is 6.48. The highest BCUT2D eigenvalue weighted by atomic mass is 32.2. The minimum Gasteiger partial charge on any atom is -0.497 e. The molecule has 6 rings (SSSR count). The van der Waals surface area contributed by atoms with Crippen molar-refractivity contribution in [3.63, 3.8) is 0 Å². The van der Waals surface area contributed by atoms with E-state index in [9.17, 15) is 0 Å². The van der Waals surface area contributed by atoms with Crippen LogP contribution in [-0.4, -0.2) is 33.0 Å². The molecule has 0 saturated carbocycles. The Kier molecular flexibility index (Phi) is 5.39. The number of fused-ring (bicyclic) bond motifs is 2. The average Bonchev–Trinajstić information content (AvgIpc) is 3.52. The molecule has 0 bridgehead atoms. The van der Waals surface area contributed by atoms with E-state index in [0.29, 0.717) is 0 Å². The second-order valence-corrected chi connectivity index (χ2v) is 9.09. The van der Waals surface area contributed by atoms with Crippen LogP contribution in [0.3, 0.4) is 0 Å². The zero-order valence-corrected chi connectivity index (χ0v) is 20.1. The van der Waals surface area contributed by atoms with Crippen molar-refractivity contribution < 1.29 is 9.47 Å². The van der Waals surface area contributed by atoms with Gasteiger partial charge in [0.25, 0.3) is 0 Å². The molecule has 0 aliphatic carbocycles. The van der Waals surface area contributed by atoms with Gasteiger partial charge < -0.3 is 18.3 Å². The standard InChI is InChI=1S/C28H22N4O2S/c1-33-19-11-13-31-17-23(29-27(31)15-19)21-7-3-5-9-25(21)35-26-10-6-4-8-22(26)24-18-32-14-12-20(34-2)16-28(32)30-24/h3-18H,1-2H3. The van der Waals surface area contributed by atoms with E-state index in [2.05, 4.69) is 48.8 Å². The van der Waals surface area contributed by atoms with Crippen LogP contribution in [0, 0.1) is 0 Å². The number of methoxy groups -OCH3 is 2. The topological polar surface area (TPSA) is 53.1 Å². The Labute approximate surface area is 206 Å². The zero-order chi connectivity index (χ0) is 23.8. The van der Waals surface area contributed by atoms with Crippen molar-refractivity contribution in [3.05, 3.63) is 97.6 Å². The summed E-state index contributed by atoms with van der Waals surface area (Å²) in [5.41, 5.74) is 5.68. The molecule has 0 spiro atoms. The maximum Gasteiger partial charge on any atom is 0.141 e. The smallest absolute Gasteiger partial charge is 0.141 e. The van der Waals surface area contributed by atoms with Gasteiger partial charge in [-0.1, -0.05) is 48.2 Å². The van der Waals surface area contributed by atoms with Crippen LogP contribution in [0.1, 0.15) is 0 Å². The molecule has 172 valence electrons. The number of benzene rings is 2. The molecule has 0 N–H and O–H groups in total. The Hall–Kier alpha value is -4.23. The van der Waals surface area contributed by atoms with E-state index in [1.54, 1.807) is 26.0 Å². The monoisotopic (exact) mass is 478 g/mol. The SMILES string of the molecule is COc1ccn2cc(-c3ccccc3Sc3ccccc3-c3cn4ccc(OC)cc4n3)nc2c1. The molecule has 0 aliphatic heterocycles. The molecule has 2 aromatic carbocycles. The van der Waals surface area contributed by atoms with Crippen LogP contribution in [0.5, 0.6) is 11.5 Å². The molecular formula is C28H22N4O2S. The lowest BCUT2D eigenvalue weighted by atomic mass is 10.2. The van der Waals surface area contributed by atoms with Gasteiger partial charge in [0.2, 0.25) is 0 Å². The molecule has 0 atom stereocenters.